The minimum Gasteiger partial charge on any atom is -0.507 e. The first-order valence-electron chi connectivity index (χ1n) is 6.55. The zero-order chi connectivity index (χ0) is 14.5. The number of hydrogen-bond donors (Lipinski definition) is 1. The molecule has 0 heterocycles. The van der Waals surface area contributed by atoms with Gasteiger partial charge in [0.25, 0.3) is 0 Å². The van der Waals surface area contributed by atoms with Crippen LogP contribution in [0.3, 0.4) is 0 Å². The normalized spacial score (nSPS) is 10.2. The largest absolute Gasteiger partial charge is 0.507 e. The van der Waals surface area contributed by atoms with Gasteiger partial charge < -0.3 is 5.11 Å². The second kappa shape index (κ2) is 6.15. The van der Waals surface area contributed by atoms with Gasteiger partial charge in [0, 0.05) is 18.4 Å². The van der Waals surface area contributed by atoms with Gasteiger partial charge in [0.2, 0.25) is 0 Å². The Labute approximate surface area is 117 Å². The summed E-state index contributed by atoms with van der Waals surface area (Å²) in [5.41, 5.74) is 1.59. The maximum Gasteiger partial charge on any atom is 0.167 e. The van der Waals surface area contributed by atoms with Crippen LogP contribution >= 0.6 is 0 Å². The molecule has 0 bridgehead atoms. The lowest BCUT2D eigenvalue weighted by atomic mass is 9.98. The zero-order valence-corrected chi connectivity index (χ0v) is 11.3. The van der Waals surface area contributed by atoms with Crippen LogP contribution in [0, 0.1) is 0 Å². The van der Waals surface area contributed by atoms with Crippen molar-refractivity contribution in [1.82, 2.24) is 0 Å². The summed E-state index contributed by atoms with van der Waals surface area (Å²) in [7, 11) is 0. The van der Waals surface area contributed by atoms with Gasteiger partial charge in [-0.05, 0) is 23.8 Å². The third-order valence-corrected chi connectivity index (χ3v) is 3.15. The molecule has 1 N–H and O–H groups in total. The van der Waals surface area contributed by atoms with Crippen LogP contribution in [-0.2, 0) is 6.42 Å². The van der Waals surface area contributed by atoms with Gasteiger partial charge in [-0.1, -0.05) is 37.3 Å². The molecule has 0 saturated carbocycles. The number of rotatable bonds is 5. The molecule has 0 saturated heterocycles. The molecule has 0 aliphatic heterocycles. The van der Waals surface area contributed by atoms with Crippen molar-refractivity contribution in [2.75, 3.05) is 0 Å². The van der Waals surface area contributed by atoms with Gasteiger partial charge in [-0.2, -0.15) is 0 Å². The second-order valence-corrected chi connectivity index (χ2v) is 4.59. The quantitative estimate of drug-likeness (QED) is 0.845. The van der Waals surface area contributed by atoms with Crippen molar-refractivity contribution >= 4 is 11.6 Å². The second-order valence-electron chi connectivity index (χ2n) is 4.59. The van der Waals surface area contributed by atoms with Crippen LogP contribution in [0.2, 0.25) is 0 Å². The SMILES string of the molecule is CCC(=O)c1cc(C(=O)Cc2ccccc2)ccc1O. The fourth-order valence-electron chi connectivity index (χ4n) is 2.01. The summed E-state index contributed by atoms with van der Waals surface area (Å²) >= 11 is 0. The van der Waals surface area contributed by atoms with Gasteiger partial charge in [0.05, 0.1) is 5.56 Å². The highest BCUT2D eigenvalue weighted by atomic mass is 16.3. The highest BCUT2D eigenvalue weighted by Crippen LogP contribution is 2.21. The molecular weight excluding hydrogens is 252 g/mol. The fraction of sp³-hybridized carbons (Fsp3) is 0.176. The number of phenols is 1. The molecule has 2 aromatic carbocycles. The highest BCUT2D eigenvalue weighted by Gasteiger charge is 2.14. The number of Topliss-reactive ketones (excluding diaryl/α,β-unsaturated/α-hetero) is 2. The van der Waals surface area contributed by atoms with Gasteiger partial charge in [-0.25, -0.2) is 0 Å². The molecule has 3 heteroatoms. The van der Waals surface area contributed by atoms with Crippen molar-refractivity contribution < 1.29 is 14.7 Å². The Bertz CT molecular complexity index is 630. The zero-order valence-electron chi connectivity index (χ0n) is 11.3. The Morgan fingerprint density at radius 2 is 1.70 bits per heavy atom. The predicted molar refractivity (Wildman–Crippen MR) is 77.2 cm³/mol. The fourth-order valence-corrected chi connectivity index (χ4v) is 2.01. The Balaban J connectivity index is 2.25. The molecule has 0 aliphatic rings. The lowest BCUT2D eigenvalue weighted by Crippen LogP contribution is -2.06. The molecule has 3 nitrogen and oxygen atoms in total. The van der Waals surface area contributed by atoms with Crippen molar-refractivity contribution in [3.8, 4) is 5.75 Å². The third kappa shape index (κ3) is 3.12. The average Bonchev–Trinajstić information content (AvgIpc) is 2.48. The monoisotopic (exact) mass is 268 g/mol. The maximum atomic E-state index is 12.2. The van der Waals surface area contributed by atoms with Crippen LogP contribution in [0.4, 0.5) is 0 Å². The third-order valence-electron chi connectivity index (χ3n) is 3.15. The van der Waals surface area contributed by atoms with E-state index in [-0.39, 0.29) is 29.3 Å². The Kier molecular flexibility index (Phi) is 4.31. The van der Waals surface area contributed by atoms with E-state index in [2.05, 4.69) is 0 Å². The molecule has 0 atom stereocenters. The number of phenolic OH excluding ortho intramolecular Hbond substituents is 1. The van der Waals surface area contributed by atoms with Crippen molar-refractivity contribution in [1.29, 1.82) is 0 Å². The summed E-state index contributed by atoms with van der Waals surface area (Å²) in [6.45, 7) is 1.72. The van der Waals surface area contributed by atoms with E-state index < -0.39 is 0 Å². The van der Waals surface area contributed by atoms with Crippen LogP contribution in [0.1, 0.15) is 39.6 Å². The van der Waals surface area contributed by atoms with Gasteiger partial charge in [0.15, 0.2) is 11.6 Å². The van der Waals surface area contributed by atoms with E-state index in [1.165, 1.54) is 12.1 Å². The molecule has 20 heavy (non-hydrogen) atoms. The van der Waals surface area contributed by atoms with E-state index in [0.29, 0.717) is 12.0 Å². The molecule has 0 aromatic heterocycles. The molecule has 0 amide bonds. The van der Waals surface area contributed by atoms with Gasteiger partial charge in [-0.15, -0.1) is 0 Å². The molecule has 0 radical (unpaired) electrons. The van der Waals surface area contributed by atoms with Crippen molar-refractivity contribution in [3.63, 3.8) is 0 Å². The Morgan fingerprint density at radius 3 is 2.35 bits per heavy atom. The summed E-state index contributed by atoms with van der Waals surface area (Å²) in [4.78, 5) is 23.9. The van der Waals surface area contributed by atoms with Crippen LogP contribution < -0.4 is 0 Å². The topological polar surface area (TPSA) is 54.4 Å². The van der Waals surface area contributed by atoms with Gasteiger partial charge >= 0.3 is 0 Å². The Morgan fingerprint density at radius 1 is 1.00 bits per heavy atom. The van der Waals surface area contributed by atoms with E-state index in [9.17, 15) is 14.7 Å². The number of carbonyl (C=O) groups is 2. The Hall–Kier alpha value is -2.42. The number of aromatic hydroxyl groups is 1. The molecule has 0 fully saturated rings. The number of benzene rings is 2. The van der Waals surface area contributed by atoms with E-state index in [1.54, 1.807) is 13.0 Å². The van der Waals surface area contributed by atoms with E-state index in [0.717, 1.165) is 5.56 Å². The van der Waals surface area contributed by atoms with Gasteiger partial charge in [0.1, 0.15) is 5.75 Å². The minimum atomic E-state index is -0.170. The molecule has 102 valence electrons. The van der Waals surface area contributed by atoms with Crippen LogP contribution in [-0.4, -0.2) is 16.7 Å². The summed E-state index contributed by atoms with van der Waals surface area (Å²) in [5, 5.41) is 9.68. The van der Waals surface area contributed by atoms with E-state index in [4.69, 9.17) is 0 Å². The molecular formula is C17H16O3. The molecule has 2 rings (SSSR count). The van der Waals surface area contributed by atoms with Crippen molar-refractivity contribution in [2.45, 2.75) is 19.8 Å². The van der Waals surface area contributed by atoms with Crippen LogP contribution in [0.25, 0.3) is 0 Å². The maximum absolute atomic E-state index is 12.2. The molecule has 0 spiro atoms. The van der Waals surface area contributed by atoms with Crippen LogP contribution in [0.15, 0.2) is 48.5 Å². The first-order valence-corrected chi connectivity index (χ1v) is 6.55. The smallest absolute Gasteiger partial charge is 0.167 e. The molecule has 0 aliphatic carbocycles. The van der Waals surface area contributed by atoms with E-state index in [1.807, 2.05) is 30.3 Å². The summed E-state index contributed by atoms with van der Waals surface area (Å²) in [6.07, 6.45) is 0.579. The van der Waals surface area contributed by atoms with Gasteiger partial charge in [-0.3, -0.25) is 9.59 Å². The van der Waals surface area contributed by atoms with E-state index >= 15 is 0 Å². The van der Waals surface area contributed by atoms with Crippen molar-refractivity contribution in [3.05, 3.63) is 65.2 Å². The summed E-state index contributed by atoms with van der Waals surface area (Å²) in [5.74, 6) is -0.314. The standard InChI is InChI=1S/C17H16O3/c1-2-15(18)14-11-13(8-9-16(14)19)17(20)10-12-6-4-3-5-7-12/h3-9,11,19H,2,10H2,1H3. The average molecular weight is 268 g/mol. The van der Waals surface area contributed by atoms with Crippen LogP contribution in [0.5, 0.6) is 5.75 Å². The molecule has 2 aromatic rings. The number of hydrogen-bond acceptors (Lipinski definition) is 3. The summed E-state index contributed by atoms with van der Waals surface area (Å²) < 4.78 is 0. The first kappa shape index (κ1) is 14.0. The predicted octanol–water partition coefficient (Wildman–Crippen LogP) is 3.41. The highest BCUT2D eigenvalue weighted by molar-refractivity contribution is 6.03. The molecule has 0 unspecified atom stereocenters. The number of carbonyl (C=O) groups excluding carboxylic acids is 2. The van der Waals surface area contributed by atoms with Crippen molar-refractivity contribution in [2.24, 2.45) is 0 Å². The lowest BCUT2D eigenvalue weighted by Gasteiger charge is -2.06. The summed E-state index contributed by atoms with van der Waals surface area (Å²) in [6, 6.07) is 13.9. The lowest BCUT2D eigenvalue weighted by molar-refractivity contribution is 0.0985. The number of ketones is 2. The minimum absolute atomic E-state index is 0.0682. The first-order chi connectivity index (χ1) is 9.61.